The van der Waals surface area contributed by atoms with E-state index in [2.05, 4.69) is 42.1 Å². The van der Waals surface area contributed by atoms with E-state index in [1.165, 1.54) is 19.5 Å². The predicted molar refractivity (Wildman–Crippen MR) is 136 cm³/mol. The van der Waals surface area contributed by atoms with Crippen molar-refractivity contribution in [2.45, 2.75) is 31.1 Å². The minimum absolute atomic E-state index is 0. The van der Waals surface area contributed by atoms with Crippen molar-refractivity contribution >= 4 is 11.9 Å². The zero-order valence-corrected chi connectivity index (χ0v) is 20.9. The lowest BCUT2D eigenvalue weighted by molar-refractivity contribution is -0.165. The molecule has 6 N–H and O–H groups in total. The molecule has 0 aromatic heterocycles. The Kier molecular flexibility index (Phi) is 13.2. The Hall–Kier alpha value is -3.53. The van der Waals surface area contributed by atoms with E-state index in [-0.39, 0.29) is 5.48 Å². The van der Waals surface area contributed by atoms with Gasteiger partial charge in [-0.1, -0.05) is 24.3 Å². The van der Waals surface area contributed by atoms with Gasteiger partial charge < -0.3 is 40.4 Å². The first-order valence-electron chi connectivity index (χ1n) is 11.6. The molecule has 2 aromatic rings. The Morgan fingerprint density at radius 2 is 1.54 bits per heavy atom. The average Bonchev–Trinajstić information content (AvgIpc) is 3.36. The summed E-state index contributed by atoms with van der Waals surface area (Å²) in [6, 6.07) is 18.7. The summed E-state index contributed by atoms with van der Waals surface area (Å²) in [5.74, 6) is -2.63. The van der Waals surface area contributed by atoms with E-state index in [1.807, 2.05) is 36.4 Å². The summed E-state index contributed by atoms with van der Waals surface area (Å²) >= 11 is 0. The second-order valence-electron chi connectivity index (χ2n) is 8.69. The van der Waals surface area contributed by atoms with Crippen molar-refractivity contribution < 1.29 is 40.2 Å². The van der Waals surface area contributed by atoms with Crippen molar-refractivity contribution in [1.29, 1.82) is 5.26 Å². The van der Waals surface area contributed by atoms with Gasteiger partial charge in [-0.25, -0.2) is 9.59 Å². The van der Waals surface area contributed by atoms with E-state index in [1.54, 1.807) is 0 Å². The molecule has 3 rings (SSSR count). The van der Waals surface area contributed by atoms with Gasteiger partial charge in [0.2, 0.25) is 0 Å². The van der Waals surface area contributed by atoms with Crippen molar-refractivity contribution in [3.63, 3.8) is 0 Å². The fourth-order valence-corrected chi connectivity index (χ4v) is 3.67. The molecule has 0 amide bonds. The molecule has 11 heteroatoms. The zero-order chi connectivity index (χ0) is 26.7. The molecule has 0 spiro atoms. The molecule has 3 atom stereocenters. The number of likely N-dealkylation sites (N-methyl/N-ethyl adjacent to an activating group) is 1. The van der Waals surface area contributed by atoms with E-state index < -0.39 is 24.1 Å². The molecular formula is C26H35N3O8. The van der Waals surface area contributed by atoms with Gasteiger partial charge in [-0.3, -0.25) is 0 Å². The van der Waals surface area contributed by atoms with Gasteiger partial charge in [0, 0.05) is 19.1 Å². The number of nitrogens with zero attached hydrogens (tertiary/aromatic N) is 3. The SMILES string of the molecule is CN(C)[C@@H]1CCN(CCCOc2ccc(-c3ccc(C#N)cc3)cc2)C1.O.O=C(O)[C@H](O)[C@@H](O)C(=O)O. The normalized spacial score (nSPS) is 16.5. The molecule has 0 bridgehead atoms. The monoisotopic (exact) mass is 517 g/mol. The number of aliphatic carboxylic acids is 2. The quantitative estimate of drug-likeness (QED) is 0.327. The highest BCUT2D eigenvalue weighted by molar-refractivity contribution is 5.83. The maximum atomic E-state index is 9.77. The number of aliphatic hydroxyl groups is 2. The van der Waals surface area contributed by atoms with Crippen LogP contribution in [0.15, 0.2) is 48.5 Å². The third-order valence-electron chi connectivity index (χ3n) is 5.87. The average molecular weight is 518 g/mol. The zero-order valence-electron chi connectivity index (χ0n) is 20.9. The fourth-order valence-electron chi connectivity index (χ4n) is 3.67. The van der Waals surface area contributed by atoms with Gasteiger partial charge >= 0.3 is 11.9 Å². The minimum Gasteiger partial charge on any atom is -0.494 e. The highest BCUT2D eigenvalue weighted by Gasteiger charge is 2.29. The van der Waals surface area contributed by atoms with Crippen LogP contribution in [0, 0.1) is 11.3 Å². The predicted octanol–water partition coefficient (Wildman–Crippen LogP) is 0.683. The van der Waals surface area contributed by atoms with Crippen LogP contribution in [0.25, 0.3) is 11.1 Å². The molecule has 11 nitrogen and oxygen atoms in total. The Morgan fingerprint density at radius 1 is 1.03 bits per heavy atom. The van der Waals surface area contributed by atoms with E-state index in [4.69, 9.17) is 30.4 Å². The molecule has 37 heavy (non-hydrogen) atoms. The Bertz CT molecular complexity index is 1000. The van der Waals surface area contributed by atoms with Crippen molar-refractivity contribution in [3.8, 4) is 22.9 Å². The molecule has 1 heterocycles. The number of carboxylic acid groups (broad SMARTS) is 2. The number of aliphatic hydroxyl groups excluding tert-OH is 2. The number of ether oxygens (including phenoxy) is 1. The van der Waals surface area contributed by atoms with Crippen LogP contribution in [0.1, 0.15) is 18.4 Å². The Balaban J connectivity index is 0.000000533. The minimum atomic E-state index is -2.27. The number of likely N-dealkylation sites (tertiary alicyclic amines) is 1. The van der Waals surface area contributed by atoms with Crippen LogP contribution in [-0.2, 0) is 9.59 Å². The molecule has 1 saturated heterocycles. The number of benzene rings is 2. The van der Waals surface area contributed by atoms with Crippen molar-refractivity contribution in [3.05, 3.63) is 54.1 Å². The number of hydrogen-bond acceptors (Lipinski definition) is 8. The van der Waals surface area contributed by atoms with Crippen molar-refractivity contribution in [2.75, 3.05) is 40.3 Å². The van der Waals surface area contributed by atoms with Gasteiger partial charge in [0.15, 0.2) is 12.2 Å². The lowest BCUT2D eigenvalue weighted by Crippen LogP contribution is -2.39. The summed E-state index contributed by atoms with van der Waals surface area (Å²) in [6.07, 6.45) is -2.21. The number of rotatable bonds is 10. The topological polar surface area (TPSA) is 186 Å². The van der Waals surface area contributed by atoms with Crippen molar-refractivity contribution in [2.24, 2.45) is 0 Å². The summed E-state index contributed by atoms with van der Waals surface area (Å²) in [7, 11) is 4.33. The molecule has 0 unspecified atom stereocenters. The standard InChI is InChI=1S/C22H27N3O.C4H6O6.H2O/c1-24(2)21-12-14-25(17-21)13-3-15-26-22-10-8-20(9-11-22)19-6-4-18(16-23)5-7-19;5-1(3(7)8)2(6)4(9)10;/h4-11,21H,3,12-15,17H2,1-2H3;1-2,5-6H,(H,7,8)(H,9,10);1H2/t21-;1-,2-;/m11./s1. The van der Waals surface area contributed by atoms with Gasteiger partial charge in [0.05, 0.1) is 18.2 Å². The van der Waals surface area contributed by atoms with Crippen LogP contribution in [-0.4, -0.2) is 106 Å². The third-order valence-corrected chi connectivity index (χ3v) is 5.87. The maximum absolute atomic E-state index is 9.77. The van der Waals surface area contributed by atoms with E-state index in [9.17, 15) is 9.59 Å². The van der Waals surface area contributed by atoms with Gasteiger partial charge in [0.1, 0.15) is 5.75 Å². The summed E-state index contributed by atoms with van der Waals surface area (Å²) in [6.45, 7) is 4.22. The molecule has 1 aliphatic rings. The lowest BCUT2D eigenvalue weighted by Gasteiger charge is -2.20. The first kappa shape index (κ1) is 31.5. The van der Waals surface area contributed by atoms with Gasteiger partial charge in [-0.15, -0.1) is 0 Å². The van der Waals surface area contributed by atoms with Crippen LogP contribution in [0.2, 0.25) is 0 Å². The van der Waals surface area contributed by atoms with E-state index in [0.29, 0.717) is 11.6 Å². The van der Waals surface area contributed by atoms with Crippen LogP contribution in [0.5, 0.6) is 5.75 Å². The highest BCUT2D eigenvalue weighted by atomic mass is 16.5. The van der Waals surface area contributed by atoms with Crippen molar-refractivity contribution in [1.82, 2.24) is 9.80 Å². The smallest absolute Gasteiger partial charge is 0.335 e. The van der Waals surface area contributed by atoms with Gasteiger partial charge in [-0.2, -0.15) is 5.26 Å². The second-order valence-corrected chi connectivity index (χ2v) is 8.69. The fraction of sp³-hybridized carbons (Fsp3) is 0.423. The molecule has 0 saturated carbocycles. The second kappa shape index (κ2) is 15.6. The lowest BCUT2D eigenvalue weighted by atomic mass is 10.0. The molecule has 2 aromatic carbocycles. The van der Waals surface area contributed by atoms with E-state index in [0.717, 1.165) is 36.4 Å². The number of hydrogen-bond donors (Lipinski definition) is 4. The summed E-state index contributed by atoms with van der Waals surface area (Å²) in [4.78, 5) is 24.4. The van der Waals surface area contributed by atoms with Crippen LogP contribution >= 0.6 is 0 Å². The molecule has 1 aliphatic heterocycles. The molecular weight excluding hydrogens is 482 g/mol. The maximum Gasteiger partial charge on any atom is 0.335 e. The third kappa shape index (κ3) is 10.2. The molecule has 0 radical (unpaired) electrons. The number of carbonyl (C=O) groups is 2. The largest absolute Gasteiger partial charge is 0.494 e. The van der Waals surface area contributed by atoms with Crippen LogP contribution < -0.4 is 4.74 Å². The van der Waals surface area contributed by atoms with Crippen LogP contribution in [0.3, 0.4) is 0 Å². The first-order valence-corrected chi connectivity index (χ1v) is 11.6. The molecule has 0 aliphatic carbocycles. The first-order chi connectivity index (χ1) is 17.1. The number of nitriles is 1. The Labute approximate surface area is 216 Å². The van der Waals surface area contributed by atoms with Gasteiger partial charge in [-0.05, 0) is 68.9 Å². The molecule has 1 fully saturated rings. The summed E-state index contributed by atoms with van der Waals surface area (Å²) in [5.41, 5.74) is 2.93. The number of carboxylic acids is 2. The molecule has 202 valence electrons. The van der Waals surface area contributed by atoms with Crippen LogP contribution in [0.4, 0.5) is 0 Å². The summed E-state index contributed by atoms with van der Waals surface area (Å²) < 4.78 is 5.89. The Morgan fingerprint density at radius 3 is 1.97 bits per heavy atom. The highest BCUT2D eigenvalue weighted by Crippen LogP contribution is 2.23. The van der Waals surface area contributed by atoms with Gasteiger partial charge in [0.25, 0.3) is 0 Å². The summed E-state index contributed by atoms with van der Waals surface area (Å²) in [5, 5.41) is 41.4. The van der Waals surface area contributed by atoms with E-state index >= 15 is 0 Å².